The van der Waals surface area contributed by atoms with E-state index in [0.717, 1.165) is 6.54 Å². The van der Waals surface area contributed by atoms with Crippen LogP contribution in [0.4, 0.5) is 0 Å². The van der Waals surface area contributed by atoms with Crippen molar-refractivity contribution in [2.45, 2.75) is 44.9 Å². The first-order valence-electron chi connectivity index (χ1n) is 5.12. The summed E-state index contributed by atoms with van der Waals surface area (Å²) in [5.41, 5.74) is 0. The minimum absolute atomic E-state index is 0.203. The van der Waals surface area contributed by atoms with Crippen LogP contribution in [-0.2, 0) is 9.47 Å². The maximum absolute atomic E-state index is 5.76. The van der Waals surface area contributed by atoms with Crippen molar-refractivity contribution in [3.05, 3.63) is 0 Å². The molecule has 0 aliphatic carbocycles. The third-order valence-electron chi connectivity index (χ3n) is 2.64. The van der Waals surface area contributed by atoms with Crippen LogP contribution in [-0.4, -0.2) is 38.5 Å². The van der Waals surface area contributed by atoms with E-state index in [4.69, 9.17) is 9.47 Å². The van der Waals surface area contributed by atoms with Crippen molar-refractivity contribution >= 4 is 0 Å². The second-order valence-electron chi connectivity index (χ2n) is 3.80. The molecule has 3 unspecified atom stereocenters. The summed E-state index contributed by atoms with van der Waals surface area (Å²) in [5.74, 6) is 0. The van der Waals surface area contributed by atoms with E-state index >= 15 is 0 Å². The normalized spacial score (nSPS) is 31.6. The van der Waals surface area contributed by atoms with Gasteiger partial charge in [-0.2, -0.15) is 0 Å². The second-order valence-corrected chi connectivity index (χ2v) is 3.80. The molecule has 3 atom stereocenters. The van der Waals surface area contributed by atoms with Crippen LogP contribution in [0.3, 0.4) is 0 Å². The first-order chi connectivity index (χ1) is 6.24. The van der Waals surface area contributed by atoms with Crippen LogP contribution in [0.5, 0.6) is 0 Å². The summed E-state index contributed by atoms with van der Waals surface area (Å²) in [6, 6.07) is 0.484. The Hall–Kier alpha value is -0.120. The molecular weight excluding hydrogens is 166 g/mol. The molecule has 0 aromatic carbocycles. The van der Waals surface area contributed by atoms with Gasteiger partial charge in [0.2, 0.25) is 0 Å². The summed E-state index contributed by atoms with van der Waals surface area (Å²) in [6.45, 7) is 6.04. The third kappa shape index (κ3) is 3.63. The Labute approximate surface area is 80.8 Å². The van der Waals surface area contributed by atoms with Gasteiger partial charge in [0.15, 0.2) is 0 Å². The van der Waals surface area contributed by atoms with Crippen LogP contribution < -0.4 is 5.32 Å². The number of ether oxygens (including phenoxy) is 2. The standard InChI is InChI=1S/C10H21NO2/c1-8(12-3)7-13-10-5-4-6-11-9(10)2/h8-11H,4-7H2,1-3H3. The van der Waals surface area contributed by atoms with Gasteiger partial charge in [-0.05, 0) is 33.2 Å². The monoisotopic (exact) mass is 187 g/mol. The summed E-state index contributed by atoms with van der Waals surface area (Å²) in [7, 11) is 1.72. The van der Waals surface area contributed by atoms with Gasteiger partial charge in [0, 0.05) is 13.2 Å². The van der Waals surface area contributed by atoms with Crippen molar-refractivity contribution in [3.63, 3.8) is 0 Å². The largest absolute Gasteiger partial charge is 0.379 e. The lowest BCUT2D eigenvalue weighted by Crippen LogP contribution is -2.44. The lowest BCUT2D eigenvalue weighted by molar-refractivity contribution is -0.0408. The molecule has 0 bridgehead atoms. The SMILES string of the molecule is COC(C)COC1CCCNC1C. The summed E-state index contributed by atoms with van der Waals surface area (Å²) >= 11 is 0. The number of methoxy groups -OCH3 is 1. The third-order valence-corrected chi connectivity index (χ3v) is 2.64. The molecule has 1 aliphatic heterocycles. The molecule has 0 amide bonds. The van der Waals surface area contributed by atoms with E-state index in [1.807, 2.05) is 6.92 Å². The highest BCUT2D eigenvalue weighted by molar-refractivity contribution is 4.78. The van der Waals surface area contributed by atoms with Crippen LogP contribution in [0.2, 0.25) is 0 Å². The van der Waals surface area contributed by atoms with Crippen LogP contribution in [0, 0.1) is 0 Å². The second kappa shape index (κ2) is 5.58. The van der Waals surface area contributed by atoms with E-state index in [-0.39, 0.29) is 6.10 Å². The van der Waals surface area contributed by atoms with Crippen molar-refractivity contribution in [2.75, 3.05) is 20.3 Å². The van der Waals surface area contributed by atoms with Crippen molar-refractivity contribution in [3.8, 4) is 0 Å². The van der Waals surface area contributed by atoms with Gasteiger partial charge in [-0.1, -0.05) is 0 Å². The topological polar surface area (TPSA) is 30.5 Å². The van der Waals surface area contributed by atoms with Crippen LogP contribution in [0.1, 0.15) is 26.7 Å². The molecule has 1 rings (SSSR count). The van der Waals surface area contributed by atoms with Crippen molar-refractivity contribution < 1.29 is 9.47 Å². The zero-order valence-electron chi connectivity index (χ0n) is 8.88. The quantitative estimate of drug-likeness (QED) is 0.717. The average molecular weight is 187 g/mol. The van der Waals surface area contributed by atoms with Gasteiger partial charge in [-0.3, -0.25) is 0 Å². The first-order valence-corrected chi connectivity index (χ1v) is 5.12. The van der Waals surface area contributed by atoms with Crippen molar-refractivity contribution in [2.24, 2.45) is 0 Å². The Morgan fingerprint density at radius 3 is 2.92 bits per heavy atom. The maximum atomic E-state index is 5.76. The molecular formula is C10H21NO2. The van der Waals surface area contributed by atoms with Gasteiger partial charge in [-0.15, -0.1) is 0 Å². The lowest BCUT2D eigenvalue weighted by atomic mass is 10.0. The Morgan fingerprint density at radius 2 is 2.31 bits per heavy atom. The number of nitrogens with one attached hydrogen (secondary N) is 1. The summed E-state index contributed by atoms with van der Waals surface area (Å²) in [6.07, 6.45) is 2.96. The highest BCUT2D eigenvalue weighted by Crippen LogP contribution is 2.12. The molecule has 3 heteroatoms. The fraction of sp³-hybridized carbons (Fsp3) is 1.00. The molecule has 0 spiro atoms. The van der Waals surface area contributed by atoms with Gasteiger partial charge < -0.3 is 14.8 Å². The Balaban J connectivity index is 2.18. The smallest absolute Gasteiger partial charge is 0.0776 e. The number of rotatable bonds is 4. The van der Waals surface area contributed by atoms with E-state index in [1.54, 1.807) is 7.11 Å². The zero-order valence-corrected chi connectivity index (χ0v) is 8.88. The van der Waals surface area contributed by atoms with E-state index in [2.05, 4.69) is 12.2 Å². The van der Waals surface area contributed by atoms with Gasteiger partial charge in [0.25, 0.3) is 0 Å². The Morgan fingerprint density at radius 1 is 1.54 bits per heavy atom. The van der Waals surface area contributed by atoms with Crippen LogP contribution in [0.25, 0.3) is 0 Å². The first kappa shape index (κ1) is 11.0. The highest BCUT2D eigenvalue weighted by atomic mass is 16.5. The minimum Gasteiger partial charge on any atom is -0.379 e. The molecule has 13 heavy (non-hydrogen) atoms. The molecule has 1 heterocycles. The molecule has 3 nitrogen and oxygen atoms in total. The van der Waals surface area contributed by atoms with Gasteiger partial charge in [-0.25, -0.2) is 0 Å². The van der Waals surface area contributed by atoms with Crippen LogP contribution >= 0.6 is 0 Å². The predicted molar refractivity (Wildman–Crippen MR) is 52.9 cm³/mol. The van der Waals surface area contributed by atoms with E-state index in [9.17, 15) is 0 Å². The molecule has 1 aliphatic rings. The number of hydrogen-bond donors (Lipinski definition) is 1. The van der Waals surface area contributed by atoms with Gasteiger partial charge in [0.1, 0.15) is 0 Å². The molecule has 0 aromatic rings. The number of hydrogen-bond acceptors (Lipinski definition) is 3. The van der Waals surface area contributed by atoms with Crippen LogP contribution in [0.15, 0.2) is 0 Å². The van der Waals surface area contributed by atoms with Gasteiger partial charge >= 0.3 is 0 Å². The van der Waals surface area contributed by atoms with E-state index < -0.39 is 0 Å². The Bertz CT molecular complexity index is 141. The summed E-state index contributed by atoms with van der Waals surface area (Å²) in [5, 5.41) is 3.41. The average Bonchev–Trinajstić information content (AvgIpc) is 2.16. The number of piperidine rings is 1. The van der Waals surface area contributed by atoms with Gasteiger partial charge in [0.05, 0.1) is 18.8 Å². The molecule has 1 saturated heterocycles. The van der Waals surface area contributed by atoms with Crippen molar-refractivity contribution in [1.29, 1.82) is 0 Å². The lowest BCUT2D eigenvalue weighted by Gasteiger charge is -2.30. The molecule has 0 saturated carbocycles. The molecule has 1 N–H and O–H groups in total. The minimum atomic E-state index is 0.203. The Kier molecular flexibility index (Phi) is 4.70. The fourth-order valence-corrected chi connectivity index (χ4v) is 1.57. The summed E-state index contributed by atoms with van der Waals surface area (Å²) < 4.78 is 10.9. The van der Waals surface area contributed by atoms with Crippen molar-refractivity contribution in [1.82, 2.24) is 5.32 Å². The van der Waals surface area contributed by atoms with E-state index in [0.29, 0.717) is 18.8 Å². The molecule has 78 valence electrons. The molecule has 0 aromatic heterocycles. The summed E-state index contributed by atoms with van der Waals surface area (Å²) in [4.78, 5) is 0. The highest BCUT2D eigenvalue weighted by Gasteiger charge is 2.21. The predicted octanol–water partition coefficient (Wildman–Crippen LogP) is 1.18. The molecule has 0 radical (unpaired) electrons. The zero-order chi connectivity index (χ0) is 9.68. The van der Waals surface area contributed by atoms with E-state index in [1.165, 1.54) is 12.8 Å². The maximum Gasteiger partial charge on any atom is 0.0776 e. The molecule has 1 fully saturated rings. The fourth-order valence-electron chi connectivity index (χ4n) is 1.57.